The molecule has 1 aliphatic heterocycles. The number of anilines is 1. The minimum absolute atomic E-state index is 0. The van der Waals surface area contributed by atoms with E-state index in [-0.39, 0.29) is 24.1 Å². The Balaban J connectivity index is 0.00000306. The van der Waals surface area contributed by atoms with Crippen molar-refractivity contribution < 1.29 is 14.3 Å². The predicted octanol–water partition coefficient (Wildman–Crippen LogP) is 4.91. The van der Waals surface area contributed by atoms with Crippen LogP contribution in [0.3, 0.4) is 0 Å². The van der Waals surface area contributed by atoms with Gasteiger partial charge in [0.05, 0.1) is 23.4 Å². The summed E-state index contributed by atoms with van der Waals surface area (Å²) in [7, 11) is 0. The number of carbonyl (C=O) groups excluding carboxylic acids is 2. The lowest BCUT2D eigenvalue weighted by Crippen LogP contribution is -2.39. The molecule has 1 aromatic heterocycles. The van der Waals surface area contributed by atoms with Crippen LogP contribution >= 0.6 is 23.7 Å². The summed E-state index contributed by atoms with van der Waals surface area (Å²) in [5.41, 5.74) is 4.47. The van der Waals surface area contributed by atoms with Gasteiger partial charge in [-0.1, -0.05) is 29.5 Å². The van der Waals surface area contributed by atoms with Crippen LogP contribution in [0.4, 0.5) is 5.13 Å². The van der Waals surface area contributed by atoms with E-state index in [1.54, 1.807) is 40.5 Å². The molecule has 0 atom stereocenters. The lowest BCUT2D eigenvalue weighted by atomic mass is 10.1. The minimum atomic E-state index is -0.0875. The molecule has 0 unspecified atom stereocenters. The number of rotatable bonds is 7. The van der Waals surface area contributed by atoms with E-state index >= 15 is 0 Å². The van der Waals surface area contributed by atoms with Crippen molar-refractivity contribution in [2.45, 2.75) is 27.2 Å². The molecule has 1 aliphatic rings. The Kier molecular flexibility index (Phi) is 8.59. The predicted molar refractivity (Wildman–Crippen MR) is 136 cm³/mol. The summed E-state index contributed by atoms with van der Waals surface area (Å²) in [6.45, 7) is 10.6. The monoisotopic (exact) mass is 487 g/mol. The summed E-state index contributed by atoms with van der Waals surface area (Å²) >= 11 is 1.55. The number of carbonyl (C=O) groups is 2. The Bertz CT molecular complexity index is 1120. The van der Waals surface area contributed by atoms with Crippen LogP contribution in [0.25, 0.3) is 10.2 Å². The molecule has 0 aliphatic carbocycles. The molecule has 1 fully saturated rings. The van der Waals surface area contributed by atoms with Gasteiger partial charge in [0.15, 0.2) is 10.9 Å². The maximum Gasteiger partial charge on any atom is 0.260 e. The zero-order valence-electron chi connectivity index (χ0n) is 19.3. The number of aryl methyl sites for hydroxylation is 2. The van der Waals surface area contributed by atoms with E-state index in [0.29, 0.717) is 17.7 Å². The summed E-state index contributed by atoms with van der Waals surface area (Å²) in [6, 6.07) is 11.1. The number of aromatic nitrogens is 1. The molecule has 33 heavy (non-hydrogen) atoms. The molecule has 2 aromatic carbocycles. The number of ketones is 1. The third-order valence-corrected chi connectivity index (χ3v) is 7.09. The fraction of sp³-hybridized carbons (Fsp3) is 0.400. The number of fused-ring (bicyclic) bond motifs is 1. The van der Waals surface area contributed by atoms with Gasteiger partial charge in [0.25, 0.3) is 5.91 Å². The summed E-state index contributed by atoms with van der Waals surface area (Å²) in [4.78, 5) is 34.2. The summed E-state index contributed by atoms with van der Waals surface area (Å²) in [5.74, 6) is -0.0982. The van der Waals surface area contributed by atoms with Crippen LogP contribution in [0, 0.1) is 13.8 Å². The van der Waals surface area contributed by atoms with Gasteiger partial charge in [0, 0.05) is 37.3 Å². The minimum Gasteiger partial charge on any atom is -0.379 e. The number of hydrogen-bond donors (Lipinski definition) is 0. The second kappa shape index (κ2) is 11.2. The number of thiazole rings is 1. The largest absolute Gasteiger partial charge is 0.379 e. The SMILES string of the molecule is CC(=O)c1ccc(C(=O)N(CCCN2CCOCC2)c2nc3c(C)c(C)ccc3s2)cc1.Cl. The van der Waals surface area contributed by atoms with E-state index in [1.807, 2.05) is 0 Å². The fourth-order valence-corrected chi connectivity index (χ4v) is 4.94. The van der Waals surface area contributed by atoms with E-state index in [4.69, 9.17) is 9.72 Å². The summed E-state index contributed by atoms with van der Waals surface area (Å²) in [6.07, 6.45) is 0.852. The van der Waals surface area contributed by atoms with Crippen LogP contribution in [0.1, 0.15) is 45.2 Å². The van der Waals surface area contributed by atoms with Gasteiger partial charge in [0.1, 0.15) is 0 Å². The van der Waals surface area contributed by atoms with Crippen LogP contribution in [-0.4, -0.2) is 61.0 Å². The van der Waals surface area contributed by atoms with Crippen LogP contribution in [0.5, 0.6) is 0 Å². The topological polar surface area (TPSA) is 62.7 Å². The highest BCUT2D eigenvalue weighted by molar-refractivity contribution is 7.22. The first-order chi connectivity index (χ1) is 15.4. The van der Waals surface area contributed by atoms with Crippen molar-refractivity contribution in [1.29, 1.82) is 0 Å². The van der Waals surface area contributed by atoms with Gasteiger partial charge in [-0.15, -0.1) is 12.4 Å². The second-order valence-electron chi connectivity index (χ2n) is 8.25. The van der Waals surface area contributed by atoms with Crippen molar-refractivity contribution in [3.05, 3.63) is 58.7 Å². The van der Waals surface area contributed by atoms with Crippen molar-refractivity contribution in [3.63, 3.8) is 0 Å². The van der Waals surface area contributed by atoms with E-state index in [2.05, 4.69) is 30.9 Å². The van der Waals surface area contributed by atoms with Crippen LogP contribution in [0.2, 0.25) is 0 Å². The second-order valence-corrected chi connectivity index (χ2v) is 9.26. The first kappa shape index (κ1) is 25.3. The highest BCUT2D eigenvalue weighted by Gasteiger charge is 2.22. The molecule has 2 heterocycles. The lowest BCUT2D eigenvalue weighted by molar-refractivity contribution is 0.0376. The molecule has 4 rings (SSSR count). The average molecular weight is 488 g/mol. The van der Waals surface area contributed by atoms with E-state index < -0.39 is 0 Å². The van der Waals surface area contributed by atoms with E-state index in [1.165, 1.54) is 12.5 Å². The Morgan fingerprint density at radius 2 is 1.73 bits per heavy atom. The van der Waals surface area contributed by atoms with E-state index in [9.17, 15) is 9.59 Å². The van der Waals surface area contributed by atoms with Crippen LogP contribution in [0.15, 0.2) is 36.4 Å². The van der Waals surface area contributed by atoms with Gasteiger partial charge in [0.2, 0.25) is 0 Å². The van der Waals surface area contributed by atoms with Gasteiger partial charge in [-0.05, 0) is 56.5 Å². The zero-order valence-corrected chi connectivity index (χ0v) is 20.9. The molecule has 1 saturated heterocycles. The normalized spacial score (nSPS) is 14.2. The number of morpholine rings is 1. The van der Waals surface area contributed by atoms with Crippen molar-refractivity contribution in [3.8, 4) is 0 Å². The molecular formula is C25H30ClN3O3S. The Hall–Kier alpha value is -2.32. The average Bonchev–Trinajstić information content (AvgIpc) is 3.24. The van der Waals surface area contributed by atoms with Crippen LogP contribution < -0.4 is 4.90 Å². The van der Waals surface area contributed by atoms with Crippen molar-refractivity contribution >= 4 is 50.8 Å². The van der Waals surface area contributed by atoms with Gasteiger partial charge in [-0.2, -0.15) is 0 Å². The third-order valence-electron chi connectivity index (χ3n) is 6.05. The molecule has 176 valence electrons. The zero-order chi connectivity index (χ0) is 22.7. The first-order valence-corrected chi connectivity index (χ1v) is 11.9. The van der Waals surface area contributed by atoms with Crippen molar-refractivity contribution in [2.75, 3.05) is 44.3 Å². The van der Waals surface area contributed by atoms with Crippen molar-refractivity contribution in [2.24, 2.45) is 0 Å². The third kappa shape index (κ3) is 5.79. The molecule has 0 bridgehead atoms. The molecule has 0 radical (unpaired) electrons. The van der Waals surface area contributed by atoms with Gasteiger partial charge in [-0.3, -0.25) is 19.4 Å². The highest BCUT2D eigenvalue weighted by Crippen LogP contribution is 2.32. The van der Waals surface area contributed by atoms with Gasteiger partial charge >= 0.3 is 0 Å². The van der Waals surface area contributed by atoms with Gasteiger partial charge in [-0.25, -0.2) is 4.98 Å². The first-order valence-electron chi connectivity index (χ1n) is 11.0. The Morgan fingerprint density at radius 3 is 2.39 bits per heavy atom. The van der Waals surface area contributed by atoms with Crippen LogP contribution in [-0.2, 0) is 4.74 Å². The number of hydrogen-bond acceptors (Lipinski definition) is 6. The smallest absolute Gasteiger partial charge is 0.260 e. The van der Waals surface area contributed by atoms with E-state index in [0.717, 1.165) is 60.2 Å². The maximum atomic E-state index is 13.5. The summed E-state index contributed by atoms with van der Waals surface area (Å²) in [5, 5.41) is 0.719. The number of ether oxygens (including phenoxy) is 1. The number of Topliss-reactive ketones (excluding diaryl/α,β-unsaturated/α-hetero) is 1. The molecule has 0 spiro atoms. The lowest BCUT2D eigenvalue weighted by Gasteiger charge is -2.27. The standard InChI is InChI=1S/C25H29N3O3S.ClH/c1-17-5-10-22-23(18(17)2)26-25(32-22)28(12-4-11-27-13-15-31-16-14-27)24(30)21-8-6-20(7-9-21)19(3)29;/h5-10H,4,11-16H2,1-3H3;1H. The Labute approximate surface area is 205 Å². The highest BCUT2D eigenvalue weighted by atomic mass is 35.5. The molecule has 8 heteroatoms. The molecule has 0 N–H and O–H groups in total. The molecule has 6 nitrogen and oxygen atoms in total. The maximum absolute atomic E-state index is 13.5. The number of benzene rings is 2. The van der Waals surface area contributed by atoms with Crippen molar-refractivity contribution in [1.82, 2.24) is 9.88 Å². The van der Waals surface area contributed by atoms with Gasteiger partial charge < -0.3 is 4.74 Å². The number of nitrogens with zero attached hydrogens (tertiary/aromatic N) is 3. The quantitative estimate of drug-likeness (QED) is 0.443. The summed E-state index contributed by atoms with van der Waals surface area (Å²) < 4.78 is 6.52. The fourth-order valence-electron chi connectivity index (χ4n) is 3.89. The molecular weight excluding hydrogens is 458 g/mol. The number of amides is 1. The Morgan fingerprint density at radius 1 is 1.06 bits per heavy atom. The molecule has 1 amide bonds. The molecule has 3 aromatic rings. The number of halogens is 1. The molecule has 0 saturated carbocycles.